The van der Waals surface area contributed by atoms with Gasteiger partial charge in [0.25, 0.3) is 0 Å². The molecular formula is C55H75Cl3N16. The molecule has 11 rings (SSSR count). The summed E-state index contributed by atoms with van der Waals surface area (Å²) < 4.78 is 0. The van der Waals surface area contributed by atoms with Gasteiger partial charge in [0.1, 0.15) is 35.1 Å². The number of fused-ring (bicyclic) bond motifs is 3. The monoisotopic (exact) mass is 1060 g/mol. The Bertz CT molecular complexity index is 2600. The molecule has 3 atom stereocenters. The minimum Gasteiger partial charge on any atom is -0.354 e. The van der Waals surface area contributed by atoms with E-state index in [0.717, 1.165) is 101 Å². The third-order valence-corrected chi connectivity index (χ3v) is 14.8. The van der Waals surface area contributed by atoms with E-state index in [1.54, 1.807) is 12.4 Å². The topological polar surface area (TPSA) is 156 Å². The number of nitrogens with zero attached hydrogens (tertiary/aromatic N) is 14. The van der Waals surface area contributed by atoms with E-state index in [2.05, 4.69) is 132 Å². The molecule has 5 aliphatic rings. The summed E-state index contributed by atoms with van der Waals surface area (Å²) in [6.07, 6.45) is 21.0. The minimum atomic E-state index is 0.355. The number of pyridine rings is 3. The molecule has 396 valence electrons. The highest BCUT2D eigenvalue weighted by Gasteiger charge is 2.27. The second-order valence-corrected chi connectivity index (χ2v) is 20.6. The number of rotatable bonds is 9. The van der Waals surface area contributed by atoms with Crippen molar-refractivity contribution in [3.8, 4) is 0 Å². The highest BCUT2D eigenvalue weighted by atomic mass is 35.5. The molecule has 8 heterocycles. The van der Waals surface area contributed by atoms with Gasteiger partial charge in [0.2, 0.25) is 0 Å². The lowest BCUT2D eigenvalue weighted by atomic mass is 9.91. The molecule has 6 aromatic heterocycles. The van der Waals surface area contributed by atoms with Crippen LogP contribution in [0, 0.1) is 0 Å². The number of likely N-dealkylation sites (N-methyl/N-ethyl adjacent to an activating group) is 2. The third-order valence-electron chi connectivity index (χ3n) is 14.2. The second-order valence-electron chi connectivity index (χ2n) is 19.5. The second kappa shape index (κ2) is 30.0. The standard InChI is InChI=1S/C20H28N6.C15H17ClN4.C10H14N2.C5H4Cl2N2.C5H12N2/c1-24-9-11-26(12-10-24)19-13-17(22-15-23-19)14-25(2)18-7-3-5-16-6-4-8-21-20(16)18;1-20(9-12-8-14(16)19-10-18-12)13-6-2-4-11-5-3-7-17-15(11)13;1-11-9-6-2-4-8-5-3-7-12-10(8)9;6-2-4-1-5(7)9-3-8-4;1-7-4-2-6-3-5-7/h4,6,8,13,15,18H,3,5,7,9-12,14H2,1-2H3;3,5,7-8,10,13H,2,4,6,9H2,1H3;3,5,7,9,11H,2,4,6H2,1H3;1,3H,2H2;6H,2-5H2,1H3. The SMILES string of the molecule is CN(Cc1cc(Cl)ncn1)C1CCCc2cccnc21.CN1CCN(c2cc(CN(C)C3CCCc4cccnc43)ncn2)CC1.CN1CCNCC1.CNC1CCCc2cccnc21.ClCc1cc(Cl)ncn1. The normalized spacial score (nSPS) is 19.4. The fraction of sp³-hybridized carbons (Fsp3) is 0.509. The molecule has 2 aliphatic heterocycles. The number of nitrogens with one attached hydrogen (secondary N) is 2. The van der Waals surface area contributed by atoms with Crippen LogP contribution in [-0.2, 0) is 38.2 Å². The molecule has 0 amide bonds. The lowest BCUT2D eigenvalue weighted by Gasteiger charge is -2.34. The first-order chi connectivity index (χ1) is 36.1. The molecule has 3 aliphatic carbocycles. The Balaban J connectivity index is 0.000000146. The van der Waals surface area contributed by atoms with Gasteiger partial charge in [0.15, 0.2) is 0 Å². The number of anilines is 1. The van der Waals surface area contributed by atoms with Crippen LogP contribution in [0.3, 0.4) is 0 Å². The summed E-state index contributed by atoms with van der Waals surface area (Å²) in [4.78, 5) is 50.1. The predicted octanol–water partition coefficient (Wildman–Crippen LogP) is 8.24. The van der Waals surface area contributed by atoms with Crippen LogP contribution in [0.2, 0.25) is 10.3 Å². The fourth-order valence-electron chi connectivity index (χ4n) is 10.0. The number of alkyl halides is 1. The van der Waals surface area contributed by atoms with Gasteiger partial charge in [-0.3, -0.25) is 24.8 Å². The molecule has 2 saturated heterocycles. The first-order valence-electron chi connectivity index (χ1n) is 26.1. The molecule has 2 N–H and O–H groups in total. The van der Waals surface area contributed by atoms with Crippen molar-refractivity contribution in [1.29, 1.82) is 0 Å². The van der Waals surface area contributed by atoms with E-state index in [1.807, 2.05) is 49.9 Å². The molecule has 0 radical (unpaired) electrons. The number of aryl methyl sites for hydroxylation is 3. The Morgan fingerprint density at radius 3 is 1.51 bits per heavy atom. The van der Waals surface area contributed by atoms with E-state index in [-0.39, 0.29) is 0 Å². The lowest BCUT2D eigenvalue weighted by molar-refractivity contribution is 0.206. The van der Waals surface area contributed by atoms with E-state index in [4.69, 9.17) is 34.8 Å². The highest BCUT2D eigenvalue weighted by Crippen LogP contribution is 2.34. The Kier molecular flexibility index (Phi) is 23.1. The van der Waals surface area contributed by atoms with Crippen molar-refractivity contribution in [2.45, 2.75) is 94.9 Å². The van der Waals surface area contributed by atoms with Gasteiger partial charge < -0.3 is 25.3 Å². The average Bonchev–Trinajstić information content (AvgIpc) is 3.43. The van der Waals surface area contributed by atoms with E-state index in [1.165, 1.54) is 91.6 Å². The van der Waals surface area contributed by atoms with Crippen LogP contribution in [0.15, 0.2) is 92.2 Å². The van der Waals surface area contributed by atoms with Gasteiger partial charge in [-0.25, -0.2) is 29.9 Å². The van der Waals surface area contributed by atoms with E-state index >= 15 is 0 Å². The van der Waals surface area contributed by atoms with Crippen LogP contribution in [0.4, 0.5) is 5.82 Å². The maximum absolute atomic E-state index is 5.91. The lowest BCUT2D eigenvalue weighted by Crippen LogP contribution is -2.44. The summed E-state index contributed by atoms with van der Waals surface area (Å²) in [7, 11) is 10.6. The van der Waals surface area contributed by atoms with Gasteiger partial charge in [-0.05, 0) is 140 Å². The van der Waals surface area contributed by atoms with Crippen molar-refractivity contribution in [1.82, 2.24) is 75.1 Å². The Hall–Kier alpha value is -4.88. The molecule has 74 heavy (non-hydrogen) atoms. The number of hydrogen-bond donors (Lipinski definition) is 2. The van der Waals surface area contributed by atoms with Gasteiger partial charge >= 0.3 is 0 Å². The summed E-state index contributed by atoms with van der Waals surface area (Å²) in [6, 6.07) is 19.5. The number of halogens is 3. The van der Waals surface area contributed by atoms with Crippen molar-refractivity contribution in [3.05, 3.63) is 153 Å². The predicted molar refractivity (Wildman–Crippen MR) is 297 cm³/mol. The summed E-state index contributed by atoms with van der Waals surface area (Å²) >= 11 is 16.9. The molecule has 3 unspecified atom stereocenters. The number of aromatic nitrogens is 9. The van der Waals surface area contributed by atoms with Crippen molar-refractivity contribution in [3.63, 3.8) is 0 Å². The Morgan fingerprint density at radius 2 is 1.03 bits per heavy atom. The molecule has 0 aromatic carbocycles. The Morgan fingerprint density at radius 1 is 0.568 bits per heavy atom. The van der Waals surface area contributed by atoms with Crippen LogP contribution in [0.5, 0.6) is 0 Å². The minimum absolute atomic E-state index is 0.355. The zero-order valence-electron chi connectivity index (χ0n) is 43.9. The van der Waals surface area contributed by atoms with E-state index in [0.29, 0.717) is 34.3 Å². The summed E-state index contributed by atoms with van der Waals surface area (Å²) in [6.45, 7) is 10.6. The largest absolute Gasteiger partial charge is 0.354 e. The van der Waals surface area contributed by atoms with Gasteiger partial charge in [0.05, 0.1) is 52.1 Å². The first kappa shape index (κ1) is 56.8. The van der Waals surface area contributed by atoms with Crippen LogP contribution in [-0.4, -0.2) is 152 Å². The van der Waals surface area contributed by atoms with Crippen LogP contribution in [0.1, 0.15) is 108 Å². The maximum atomic E-state index is 5.91. The van der Waals surface area contributed by atoms with Crippen LogP contribution in [0.25, 0.3) is 0 Å². The first-order valence-corrected chi connectivity index (χ1v) is 27.4. The van der Waals surface area contributed by atoms with Gasteiger partial charge in [-0.1, -0.05) is 41.4 Å². The summed E-state index contributed by atoms with van der Waals surface area (Å²) in [5.74, 6) is 1.43. The van der Waals surface area contributed by atoms with Crippen molar-refractivity contribution in [2.24, 2.45) is 0 Å². The molecule has 6 aromatic rings. The third kappa shape index (κ3) is 17.3. The van der Waals surface area contributed by atoms with E-state index < -0.39 is 0 Å². The molecule has 19 heteroatoms. The fourth-order valence-corrected chi connectivity index (χ4v) is 10.5. The summed E-state index contributed by atoms with van der Waals surface area (Å²) in [5, 5.41) is 7.49. The highest BCUT2D eigenvalue weighted by molar-refractivity contribution is 6.29. The van der Waals surface area contributed by atoms with Gasteiger partial charge in [-0.15, -0.1) is 11.6 Å². The van der Waals surface area contributed by atoms with Crippen molar-refractivity contribution >= 4 is 40.6 Å². The molecular weight excluding hydrogens is 991 g/mol. The van der Waals surface area contributed by atoms with Crippen molar-refractivity contribution < 1.29 is 0 Å². The molecule has 0 saturated carbocycles. The Labute approximate surface area is 454 Å². The molecule has 0 bridgehead atoms. The number of piperazine rings is 2. The van der Waals surface area contributed by atoms with Crippen LogP contribution >= 0.6 is 34.8 Å². The maximum Gasteiger partial charge on any atom is 0.132 e. The molecule has 0 spiro atoms. The van der Waals surface area contributed by atoms with Gasteiger partial charge in [-0.2, -0.15) is 0 Å². The average molecular weight is 1070 g/mol. The zero-order valence-corrected chi connectivity index (χ0v) is 46.2. The smallest absolute Gasteiger partial charge is 0.132 e. The quantitative estimate of drug-likeness (QED) is 0.105. The molecule has 2 fully saturated rings. The zero-order chi connectivity index (χ0) is 52.1. The van der Waals surface area contributed by atoms with Gasteiger partial charge in [0, 0.05) is 96.1 Å². The van der Waals surface area contributed by atoms with Crippen molar-refractivity contribution in [2.75, 3.05) is 92.5 Å². The number of hydrogen-bond acceptors (Lipinski definition) is 16. The summed E-state index contributed by atoms with van der Waals surface area (Å²) in [5.41, 5.74) is 10.7. The van der Waals surface area contributed by atoms with E-state index in [9.17, 15) is 0 Å². The molecule has 16 nitrogen and oxygen atoms in total. The van der Waals surface area contributed by atoms with Crippen LogP contribution < -0.4 is 15.5 Å².